The molecular weight excluding hydrogens is 450 g/mol. The lowest BCUT2D eigenvalue weighted by Gasteiger charge is -2.56. The minimum absolute atomic E-state index is 0.00240. The van der Waals surface area contributed by atoms with Crippen LogP contribution in [0.4, 0.5) is 0 Å². The fourth-order valence-electron chi connectivity index (χ4n) is 8.19. The van der Waals surface area contributed by atoms with Gasteiger partial charge >= 0.3 is 5.97 Å². The molecule has 1 amide bonds. The largest absolute Gasteiger partial charge is 0.468 e. The van der Waals surface area contributed by atoms with Gasteiger partial charge in [-0.25, -0.2) is 0 Å². The van der Waals surface area contributed by atoms with Crippen LogP contribution in [0.3, 0.4) is 0 Å². The van der Waals surface area contributed by atoms with Crippen LogP contribution in [0.2, 0.25) is 0 Å². The van der Waals surface area contributed by atoms with Crippen molar-refractivity contribution in [2.24, 2.45) is 17.8 Å². The predicted octanol–water partition coefficient (Wildman–Crippen LogP) is 4.64. The van der Waals surface area contributed by atoms with E-state index >= 15 is 0 Å². The molecule has 4 aliphatic carbocycles. The zero-order chi connectivity index (χ0) is 24.4. The van der Waals surface area contributed by atoms with Crippen molar-refractivity contribution in [3.63, 3.8) is 0 Å². The van der Waals surface area contributed by atoms with E-state index in [4.69, 9.17) is 4.74 Å². The molecule has 3 N–H and O–H groups in total. The van der Waals surface area contributed by atoms with Crippen molar-refractivity contribution < 1.29 is 14.3 Å². The van der Waals surface area contributed by atoms with E-state index in [9.17, 15) is 9.59 Å². The number of benzene rings is 2. The van der Waals surface area contributed by atoms with Gasteiger partial charge in [0.1, 0.15) is 6.04 Å². The number of ether oxygens (including phenoxy) is 1. The summed E-state index contributed by atoms with van der Waals surface area (Å²) in [4.78, 5) is 29.4. The minimum Gasteiger partial charge on any atom is -0.468 e. The first-order chi connectivity index (χ1) is 17.5. The summed E-state index contributed by atoms with van der Waals surface area (Å²) in [6.07, 6.45) is 8.10. The lowest BCUT2D eigenvalue weighted by Crippen LogP contribution is -2.59. The number of para-hydroxylation sites is 1. The molecule has 4 fully saturated rings. The van der Waals surface area contributed by atoms with Gasteiger partial charge in [0.25, 0.3) is 5.91 Å². The number of carbonyl (C=O) groups is 2. The van der Waals surface area contributed by atoms with Crippen LogP contribution in [-0.2, 0) is 16.0 Å². The Hall–Kier alpha value is -3.12. The normalized spacial score (nSPS) is 32.3. The standard InChI is InChI=1S/C30H33N3O3/c1-36-29(35)25-13-23-22-4-2-3-5-24(22)31-27(23)26(32-25)20-6-8-21(9-7-20)28(34)33-30-14-17-10-18(15-30)12-19(11-17)16-30/h2-9,17-19,25-26,31-32H,10-16H2,1H3,(H,33,34)/t17-,18+,19-,25-,26+,30-/m1/s1. The van der Waals surface area contributed by atoms with E-state index in [2.05, 4.69) is 27.8 Å². The van der Waals surface area contributed by atoms with E-state index in [-0.39, 0.29) is 23.5 Å². The number of aromatic amines is 1. The van der Waals surface area contributed by atoms with Crippen LogP contribution in [0.25, 0.3) is 10.9 Å². The number of amides is 1. The first kappa shape index (κ1) is 22.1. The molecule has 186 valence electrons. The number of hydrogen-bond acceptors (Lipinski definition) is 4. The Labute approximate surface area is 211 Å². The van der Waals surface area contributed by atoms with Crippen molar-refractivity contribution in [2.45, 2.75) is 62.6 Å². The second kappa shape index (κ2) is 8.20. The Bertz CT molecular complexity index is 1310. The second-order valence-corrected chi connectivity index (χ2v) is 11.7. The highest BCUT2D eigenvalue weighted by molar-refractivity contribution is 5.95. The topological polar surface area (TPSA) is 83.2 Å². The highest BCUT2D eigenvalue weighted by Gasteiger charge is 2.51. The van der Waals surface area contributed by atoms with E-state index in [1.807, 2.05) is 36.4 Å². The summed E-state index contributed by atoms with van der Waals surface area (Å²) >= 11 is 0. The van der Waals surface area contributed by atoms with Crippen LogP contribution in [-0.4, -0.2) is 35.6 Å². The minimum atomic E-state index is -0.425. The van der Waals surface area contributed by atoms with E-state index in [0.29, 0.717) is 12.0 Å². The van der Waals surface area contributed by atoms with Crippen molar-refractivity contribution in [3.8, 4) is 0 Å². The molecule has 4 bridgehead atoms. The molecule has 0 unspecified atom stereocenters. The number of hydrogen-bond donors (Lipinski definition) is 3. The Morgan fingerprint density at radius 3 is 2.28 bits per heavy atom. The molecule has 1 aromatic heterocycles. The number of methoxy groups -OCH3 is 1. The lowest BCUT2D eigenvalue weighted by molar-refractivity contribution is -0.143. The smallest absolute Gasteiger partial charge is 0.323 e. The first-order valence-electron chi connectivity index (χ1n) is 13.4. The molecule has 3 aromatic rings. The number of fused-ring (bicyclic) bond motifs is 3. The van der Waals surface area contributed by atoms with Crippen LogP contribution in [0, 0.1) is 17.8 Å². The molecular formula is C30H33N3O3. The van der Waals surface area contributed by atoms with E-state index < -0.39 is 6.04 Å². The summed E-state index contributed by atoms with van der Waals surface area (Å²) < 4.78 is 5.08. The highest BCUT2D eigenvalue weighted by atomic mass is 16.5. The van der Waals surface area contributed by atoms with Gasteiger partial charge in [0.05, 0.1) is 13.2 Å². The first-order valence-corrected chi connectivity index (χ1v) is 13.4. The molecule has 2 heterocycles. The number of rotatable bonds is 4. The summed E-state index contributed by atoms with van der Waals surface area (Å²) in [6, 6.07) is 15.5. The van der Waals surface area contributed by atoms with Gasteiger partial charge in [-0.3, -0.25) is 14.9 Å². The van der Waals surface area contributed by atoms with Crippen LogP contribution in [0.5, 0.6) is 0 Å². The number of aromatic nitrogens is 1. The van der Waals surface area contributed by atoms with Gasteiger partial charge in [0.15, 0.2) is 0 Å². The van der Waals surface area contributed by atoms with Crippen LogP contribution in [0.1, 0.15) is 71.7 Å². The number of nitrogens with one attached hydrogen (secondary N) is 3. The summed E-state index contributed by atoms with van der Waals surface area (Å²) in [6.45, 7) is 0. The van der Waals surface area contributed by atoms with Gasteiger partial charge in [-0.2, -0.15) is 0 Å². The van der Waals surface area contributed by atoms with Gasteiger partial charge in [0.2, 0.25) is 0 Å². The van der Waals surface area contributed by atoms with E-state index in [1.54, 1.807) is 0 Å². The van der Waals surface area contributed by atoms with Gasteiger partial charge < -0.3 is 15.0 Å². The van der Waals surface area contributed by atoms with Crippen LogP contribution < -0.4 is 10.6 Å². The molecule has 36 heavy (non-hydrogen) atoms. The molecule has 1 aliphatic heterocycles. The number of carbonyl (C=O) groups excluding carboxylic acids is 2. The molecule has 0 radical (unpaired) electrons. The van der Waals surface area contributed by atoms with Crippen molar-refractivity contribution in [2.75, 3.05) is 7.11 Å². The average Bonchev–Trinajstić information content (AvgIpc) is 3.25. The molecule has 0 saturated heterocycles. The third-order valence-electron chi connectivity index (χ3n) is 9.32. The Morgan fingerprint density at radius 1 is 0.944 bits per heavy atom. The Balaban J connectivity index is 1.16. The molecule has 2 aromatic carbocycles. The van der Waals surface area contributed by atoms with Crippen molar-refractivity contribution in [1.29, 1.82) is 0 Å². The Morgan fingerprint density at radius 2 is 1.61 bits per heavy atom. The monoisotopic (exact) mass is 483 g/mol. The van der Waals surface area contributed by atoms with Crippen molar-refractivity contribution in [3.05, 3.63) is 70.9 Å². The van der Waals surface area contributed by atoms with Crippen molar-refractivity contribution >= 4 is 22.8 Å². The van der Waals surface area contributed by atoms with Gasteiger partial charge in [-0.15, -0.1) is 0 Å². The zero-order valence-corrected chi connectivity index (χ0v) is 20.7. The SMILES string of the molecule is COC(=O)[C@H]1Cc2c([nH]c3ccccc23)[C@H](c2ccc(C(=O)N[C@]34C[C@H]5C[C@H](C[C@H](C5)C3)C4)cc2)N1. The highest BCUT2D eigenvalue weighted by Crippen LogP contribution is 2.55. The van der Waals surface area contributed by atoms with Crippen LogP contribution in [0.15, 0.2) is 48.5 Å². The maximum absolute atomic E-state index is 13.3. The number of H-pyrrole nitrogens is 1. The molecule has 6 heteroatoms. The van der Waals surface area contributed by atoms with Gasteiger partial charge in [0, 0.05) is 34.1 Å². The molecule has 6 nitrogen and oxygen atoms in total. The van der Waals surface area contributed by atoms with E-state index in [0.717, 1.165) is 64.7 Å². The summed E-state index contributed by atoms with van der Waals surface area (Å²) in [5.74, 6) is 2.17. The number of esters is 1. The van der Waals surface area contributed by atoms with Crippen molar-refractivity contribution in [1.82, 2.24) is 15.6 Å². The van der Waals surface area contributed by atoms with Gasteiger partial charge in [-0.1, -0.05) is 30.3 Å². The molecule has 0 spiro atoms. The molecule has 8 rings (SSSR count). The third kappa shape index (κ3) is 3.57. The maximum atomic E-state index is 13.3. The predicted molar refractivity (Wildman–Crippen MR) is 138 cm³/mol. The zero-order valence-electron chi connectivity index (χ0n) is 20.7. The summed E-state index contributed by atoms with van der Waals surface area (Å²) in [7, 11) is 1.43. The maximum Gasteiger partial charge on any atom is 0.323 e. The summed E-state index contributed by atoms with van der Waals surface area (Å²) in [5, 5.41) is 8.10. The lowest BCUT2D eigenvalue weighted by atomic mass is 9.53. The molecule has 2 atom stereocenters. The van der Waals surface area contributed by atoms with Crippen LogP contribution >= 0.6 is 0 Å². The fourth-order valence-corrected chi connectivity index (χ4v) is 8.19. The van der Waals surface area contributed by atoms with E-state index in [1.165, 1.54) is 26.4 Å². The summed E-state index contributed by atoms with van der Waals surface area (Å²) in [5.41, 5.74) is 5.00. The molecule has 5 aliphatic rings. The average molecular weight is 484 g/mol. The second-order valence-electron chi connectivity index (χ2n) is 11.7. The fraction of sp³-hybridized carbons (Fsp3) is 0.467. The third-order valence-corrected chi connectivity index (χ3v) is 9.32. The molecule has 4 saturated carbocycles. The van der Waals surface area contributed by atoms with Gasteiger partial charge in [-0.05, 0) is 85.6 Å². The Kier molecular flexibility index (Phi) is 5.04. The quantitative estimate of drug-likeness (QED) is 0.472.